The molecule has 0 radical (unpaired) electrons. The minimum Gasteiger partial charge on any atom is -0.356 e. The number of amides is 3. The van der Waals surface area contributed by atoms with Crippen LogP contribution >= 0.6 is 0 Å². The minimum absolute atomic E-state index is 0.0222. The third-order valence-corrected chi connectivity index (χ3v) is 7.50. The van der Waals surface area contributed by atoms with Gasteiger partial charge in [0.15, 0.2) is 0 Å². The van der Waals surface area contributed by atoms with Crippen LogP contribution in [0.3, 0.4) is 0 Å². The van der Waals surface area contributed by atoms with Gasteiger partial charge in [-0.3, -0.25) is 19.3 Å². The minimum atomic E-state index is -0.680. The van der Waals surface area contributed by atoms with Crippen LogP contribution in [0.4, 0.5) is 5.69 Å². The molecule has 5 rings (SSSR count). The van der Waals surface area contributed by atoms with Gasteiger partial charge in [0, 0.05) is 32.1 Å². The monoisotopic (exact) mass is 499 g/mol. The van der Waals surface area contributed by atoms with E-state index in [0.29, 0.717) is 50.0 Å². The lowest BCUT2D eigenvalue weighted by Gasteiger charge is -2.48. The van der Waals surface area contributed by atoms with E-state index < -0.39 is 5.66 Å². The standard InChI is InChI=1S/C29H33N5O3/c1-21-22(20-33(31-21)23-11-4-3-5-12-23)10-8-18-30-26(35)15-9-19-32-28(37)24-13-6-7-14-25(24)34-27(36)16-17-29(32,34)2/h3-7,11-14,20H,8-10,15-19H2,1-2H3,(H,30,35). The topological polar surface area (TPSA) is 87.5 Å². The largest absolute Gasteiger partial charge is 0.356 e. The second-order valence-corrected chi connectivity index (χ2v) is 10.00. The lowest BCUT2D eigenvalue weighted by Crippen LogP contribution is -2.62. The van der Waals surface area contributed by atoms with Crippen LogP contribution in [0.1, 0.15) is 60.6 Å². The van der Waals surface area contributed by atoms with Crippen molar-refractivity contribution in [1.29, 1.82) is 0 Å². The highest BCUT2D eigenvalue weighted by Gasteiger charge is 2.52. The van der Waals surface area contributed by atoms with E-state index in [9.17, 15) is 14.4 Å². The molecule has 0 aliphatic carbocycles. The number of fused-ring (bicyclic) bond motifs is 3. The van der Waals surface area contributed by atoms with E-state index in [1.807, 2.05) is 67.1 Å². The molecule has 1 unspecified atom stereocenters. The molecule has 8 nitrogen and oxygen atoms in total. The predicted octanol–water partition coefficient (Wildman–Crippen LogP) is 4.01. The van der Waals surface area contributed by atoms with E-state index in [-0.39, 0.29) is 17.7 Å². The number of rotatable bonds is 9. The van der Waals surface area contributed by atoms with E-state index >= 15 is 0 Å². The lowest BCUT2D eigenvalue weighted by molar-refractivity contribution is -0.121. The number of nitrogens with zero attached hydrogens (tertiary/aromatic N) is 4. The van der Waals surface area contributed by atoms with Crippen molar-refractivity contribution < 1.29 is 14.4 Å². The number of carbonyl (C=O) groups excluding carboxylic acids is 3. The summed E-state index contributed by atoms with van der Waals surface area (Å²) >= 11 is 0. The molecule has 0 bridgehead atoms. The van der Waals surface area contributed by atoms with Gasteiger partial charge in [-0.05, 0) is 69.4 Å². The normalized spacial score (nSPS) is 18.6. The summed E-state index contributed by atoms with van der Waals surface area (Å²) in [7, 11) is 0. The van der Waals surface area contributed by atoms with Crippen molar-refractivity contribution in [2.45, 2.75) is 58.0 Å². The Morgan fingerprint density at radius 2 is 1.81 bits per heavy atom. The van der Waals surface area contributed by atoms with Gasteiger partial charge in [-0.2, -0.15) is 5.10 Å². The van der Waals surface area contributed by atoms with Crippen molar-refractivity contribution in [3.8, 4) is 5.69 Å². The Morgan fingerprint density at radius 1 is 1.05 bits per heavy atom. The number of para-hydroxylation sites is 2. The molecule has 192 valence electrons. The molecule has 3 aromatic rings. The first-order valence-electron chi connectivity index (χ1n) is 13.0. The molecule has 2 aliphatic rings. The molecule has 1 N–H and O–H groups in total. The molecule has 2 aliphatic heterocycles. The Morgan fingerprint density at radius 3 is 2.62 bits per heavy atom. The number of benzene rings is 2. The van der Waals surface area contributed by atoms with Crippen molar-refractivity contribution in [1.82, 2.24) is 20.0 Å². The summed E-state index contributed by atoms with van der Waals surface area (Å²) in [6.45, 7) is 4.98. The summed E-state index contributed by atoms with van der Waals surface area (Å²) in [4.78, 5) is 42.0. The number of aromatic nitrogens is 2. The van der Waals surface area contributed by atoms with Crippen LogP contribution in [0.25, 0.3) is 5.69 Å². The van der Waals surface area contributed by atoms with E-state index in [1.54, 1.807) is 15.9 Å². The van der Waals surface area contributed by atoms with Gasteiger partial charge in [0.2, 0.25) is 11.8 Å². The number of nitrogens with one attached hydrogen (secondary N) is 1. The fraction of sp³-hybridized carbons (Fsp3) is 0.379. The van der Waals surface area contributed by atoms with Crippen LogP contribution in [-0.2, 0) is 16.0 Å². The molecule has 2 aromatic carbocycles. The van der Waals surface area contributed by atoms with Crippen LogP contribution < -0.4 is 10.2 Å². The first kappa shape index (κ1) is 24.7. The zero-order valence-electron chi connectivity index (χ0n) is 21.4. The van der Waals surface area contributed by atoms with Crippen molar-refractivity contribution in [2.24, 2.45) is 0 Å². The Balaban J connectivity index is 1.10. The quantitative estimate of drug-likeness (QED) is 0.451. The average molecular weight is 500 g/mol. The van der Waals surface area contributed by atoms with E-state index in [2.05, 4.69) is 16.6 Å². The maximum atomic E-state index is 13.3. The van der Waals surface area contributed by atoms with Gasteiger partial charge in [-0.15, -0.1) is 0 Å². The predicted molar refractivity (Wildman–Crippen MR) is 141 cm³/mol. The maximum Gasteiger partial charge on any atom is 0.257 e. The van der Waals surface area contributed by atoms with Gasteiger partial charge in [0.05, 0.1) is 22.6 Å². The number of anilines is 1. The summed E-state index contributed by atoms with van der Waals surface area (Å²) in [5.74, 6) is -0.0586. The Bertz CT molecular complexity index is 1320. The van der Waals surface area contributed by atoms with Gasteiger partial charge in [-0.1, -0.05) is 30.3 Å². The molecule has 1 fully saturated rings. The zero-order valence-corrected chi connectivity index (χ0v) is 21.4. The van der Waals surface area contributed by atoms with E-state index in [1.165, 1.54) is 5.56 Å². The third-order valence-electron chi connectivity index (χ3n) is 7.50. The molecule has 3 heterocycles. The Kier molecular flexibility index (Phi) is 6.82. The molecular weight excluding hydrogens is 466 g/mol. The van der Waals surface area contributed by atoms with Crippen LogP contribution in [0.5, 0.6) is 0 Å². The molecule has 37 heavy (non-hydrogen) atoms. The fourth-order valence-corrected chi connectivity index (χ4v) is 5.49. The highest BCUT2D eigenvalue weighted by Crippen LogP contribution is 2.44. The highest BCUT2D eigenvalue weighted by atomic mass is 16.2. The summed E-state index contributed by atoms with van der Waals surface area (Å²) < 4.78 is 1.89. The Labute approximate surface area is 217 Å². The van der Waals surface area contributed by atoms with E-state index in [4.69, 9.17) is 0 Å². The van der Waals surface area contributed by atoms with Crippen molar-refractivity contribution in [3.05, 3.63) is 77.6 Å². The number of hydrogen-bond acceptors (Lipinski definition) is 4. The first-order valence-corrected chi connectivity index (χ1v) is 13.0. The molecule has 1 atom stereocenters. The van der Waals surface area contributed by atoms with Gasteiger partial charge in [-0.25, -0.2) is 4.68 Å². The van der Waals surface area contributed by atoms with Crippen LogP contribution in [0, 0.1) is 6.92 Å². The third kappa shape index (κ3) is 4.75. The summed E-state index contributed by atoms with van der Waals surface area (Å²) in [5, 5.41) is 7.61. The van der Waals surface area contributed by atoms with Crippen molar-refractivity contribution in [2.75, 3.05) is 18.0 Å². The molecule has 1 saturated heterocycles. The van der Waals surface area contributed by atoms with Gasteiger partial charge in [0.25, 0.3) is 5.91 Å². The van der Waals surface area contributed by atoms with Crippen molar-refractivity contribution in [3.63, 3.8) is 0 Å². The zero-order chi connectivity index (χ0) is 26.0. The number of hydrogen-bond donors (Lipinski definition) is 1. The molecular formula is C29H33N5O3. The lowest BCUT2D eigenvalue weighted by atomic mass is 9.98. The number of aryl methyl sites for hydroxylation is 2. The molecule has 0 spiro atoms. The van der Waals surface area contributed by atoms with Gasteiger partial charge < -0.3 is 10.2 Å². The molecule has 3 amide bonds. The highest BCUT2D eigenvalue weighted by molar-refractivity contribution is 6.10. The second kappa shape index (κ2) is 10.2. The molecule has 8 heteroatoms. The molecule has 1 aromatic heterocycles. The summed E-state index contributed by atoms with van der Waals surface area (Å²) in [6, 6.07) is 17.3. The number of carbonyl (C=O) groups is 3. The van der Waals surface area contributed by atoms with Crippen LogP contribution in [0.2, 0.25) is 0 Å². The van der Waals surface area contributed by atoms with Gasteiger partial charge in [0.1, 0.15) is 5.66 Å². The average Bonchev–Trinajstić information content (AvgIpc) is 3.43. The van der Waals surface area contributed by atoms with Crippen molar-refractivity contribution >= 4 is 23.4 Å². The first-order chi connectivity index (χ1) is 17.9. The van der Waals surface area contributed by atoms with Crippen LogP contribution in [-0.4, -0.2) is 51.2 Å². The Hall–Kier alpha value is -3.94. The summed E-state index contributed by atoms with van der Waals surface area (Å²) in [5.41, 5.74) is 3.75. The fourth-order valence-electron chi connectivity index (χ4n) is 5.49. The molecule has 0 saturated carbocycles. The SMILES string of the molecule is Cc1nn(-c2ccccc2)cc1CCCNC(=O)CCCN1C(=O)c2ccccc2N2C(=O)CCC12C. The smallest absolute Gasteiger partial charge is 0.257 e. The van der Waals surface area contributed by atoms with Gasteiger partial charge >= 0.3 is 0 Å². The second-order valence-electron chi connectivity index (χ2n) is 10.00. The van der Waals surface area contributed by atoms with E-state index in [0.717, 1.165) is 24.2 Å². The maximum absolute atomic E-state index is 13.3. The summed E-state index contributed by atoms with van der Waals surface area (Å²) in [6.07, 6.45) is 5.60. The van der Waals surface area contributed by atoms with Crippen LogP contribution in [0.15, 0.2) is 60.8 Å².